The van der Waals surface area contributed by atoms with Crippen LogP contribution in [0, 0.1) is 17.1 Å². The number of nitrogens with zero attached hydrogens (tertiary/aromatic N) is 9. The van der Waals surface area contributed by atoms with E-state index < -0.39 is 0 Å². The van der Waals surface area contributed by atoms with Crippen LogP contribution in [-0.4, -0.2) is 54.8 Å². The van der Waals surface area contributed by atoms with Gasteiger partial charge in [-0.25, -0.2) is 34.0 Å². The first-order valence-electron chi connectivity index (χ1n) is 12.7. The van der Waals surface area contributed by atoms with Gasteiger partial charge < -0.3 is 10.6 Å². The number of nitriles is 1. The molecule has 2 bridgehead atoms. The Bertz CT molecular complexity index is 1730. The zero-order chi connectivity index (χ0) is 26.5. The molecule has 0 saturated carbocycles. The van der Waals surface area contributed by atoms with Crippen LogP contribution in [0.4, 0.5) is 16.0 Å². The third-order valence-electron chi connectivity index (χ3n) is 7.44. The van der Waals surface area contributed by atoms with Crippen LogP contribution in [0.5, 0.6) is 0 Å². The van der Waals surface area contributed by atoms with Crippen LogP contribution in [0.25, 0.3) is 33.8 Å². The third kappa shape index (κ3) is 3.88. The first kappa shape index (κ1) is 23.0. The minimum Gasteiger partial charge on any atom is -0.383 e. The van der Waals surface area contributed by atoms with Gasteiger partial charge in [0.05, 0.1) is 23.3 Å². The van der Waals surface area contributed by atoms with E-state index in [1.807, 2.05) is 36.4 Å². The molecule has 10 nitrogen and oxygen atoms in total. The summed E-state index contributed by atoms with van der Waals surface area (Å²) in [5.74, 6) is 1.69. The molecular weight excluding hydrogens is 495 g/mol. The van der Waals surface area contributed by atoms with Crippen molar-refractivity contribution >= 4 is 22.8 Å². The maximum Gasteiger partial charge on any atom is 0.234 e. The lowest BCUT2D eigenvalue weighted by atomic mass is 10.1. The zero-order valence-corrected chi connectivity index (χ0v) is 20.8. The molecule has 0 spiro atoms. The summed E-state index contributed by atoms with van der Waals surface area (Å²) in [7, 11) is 0. The summed E-state index contributed by atoms with van der Waals surface area (Å²) in [6.07, 6.45) is 5.26. The molecule has 192 valence electrons. The molecule has 2 fully saturated rings. The predicted molar refractivity (Wildman–Crippen MR) is 145 cm³/mol. The van der Waals surface area contributed by atoms with Gasteiger partial charge >= 0.3 is 0 Å². The first-order valence-corrected chi connectivity index (χ1v) is 12.7. The molecule has 5 aromatic rings. The van der Waals surface area contributed by atoms with E-state index in [1.165, 1.54) is 12.1 Å². The van der Waals surface area contributed by atoms with E-state index in [-0.39, 0.29) is 23.7 Å². The van der Waals surface area contributed by atoms with E-state index in [0.717, 1.165) is 54.1 Å². The number of imidazole rings is 1. The van der Waals surface area contributed by atoms with E-state index >= 15 is 0 Å². The summed E-state index contributed by atoms with van der Waals surface area (Å²) in [5.41, 5.74) is 10.0. The summed E-state index contributed by atoms with van der Waals surface area (Å²) in [5, 5.41) is 11.6. The molecule has 4 aromatic heterocycles. The van der Waals surface area contributed by atoms with Gasteiger partial charge in [-0.2, -0.15) is 5.26 Å². The number of benzene rings is 1. The van der Waals surface area contributed by atoms with Crippen LogP contribution in [0.3, 0.4) is 0 Å². The highest BCUT2D eigenvalue weighted by molar-refractivity contribution is 5.83. The maximum absolute atomic E-state index is 13.6. The lowest BCUT2D eigenvalue weighted by Gasteiger charge is -2.43. The first-order chi connectivity index (χ1) is 19.1. The van der Waals surface area contributed by atoms with Crippen LogP contribution in [0.1, 0.15) is 18.7 Å². The fourth-order valence-electron chi connectivity index (χ4n) is 5.70. The number of hydrogen-bond acceptors (Lipinski definition) is 9. The Morgan fingerprint density at radius 3 is 2.44 bits per heavy atom. The van der Waals surface area contributed by atoms with Crippen LogP contribution in [0.2, 0.25) is 0 Å². The van der Waals surface area contributed by atoms with Crippen molar-refractivity contribution < 1.29 is 4.39 Å². The number of nitrogens with two attached hydrogens (primary N) is 1. The molecule has 39 heavy (non-hydrogen) atoms. The van der Waals surface area contributed by atoms with Crippen molar-refractivity contribution in [3.63, 3.8) is 0 Å². The number of piperazine rings is 1. The molecule has 6 heterocycles. The highest BCUT2D eigenvalue weighted by Crippen LogP contribution is 2.36. The van der Waals surface area contributed by atoms with Gasteiger partial charge in [0.2, 0.25) is 5.82 Å². The van der Waals surface area contributed by atoms with E-state index in [9.17, 15) is 9.65 Å². The Hall–Kier alpha value is -5.11. The van der Waals surface area contributed by atoms with Crippen molar-refractivity contribution in [1.82, 2.24) is 29.6 Å². The Morgan fingerprint density at radius 1 is 0.897 bits per heavy atom. The molecule has 7 rings (SSSR count). The minimum atomic E-state index is -0.292. The fourth-order valence-corrected chi connectivity index (χ4v) is 5.70. The maximum atomic E-state index is 13.6. The van der Waals surface area contributed by atoms with Gasteiger partial charge in [0, 0.05) is 31.0 Å². The molecular formula is C28H23FN10. The Balaban J connectivity index is 1.36. The third-order valence-corrected chi connectivity index (χ3v) is 7.44. The molecule has 0 amide bonds. The van der Waals surface area contributed by atoms with Gasteiger partial charge in [-0.05, 0) is 67.4 Å². The van der Waals surface area contributed by atoms with Crippen LogP contribution >= 0.6 is 0 Å². The molecule has 11 heteroatoms. The standard InChI is InChI=1S/C28H23FN10/c29-18-5-3-17(4-6-18)22-9-10-23-28(34-22)39(27(35-23)21-2-1-12-33-26(21)31)38-19-7-8-20(38)16-37(15-19)25-11-13-32-24(14-30)36-25/h1-6,9-13,19-20H,7-8,15-16H2,(H2,31,33). The molecule has 2 aliphatic heterocycles. The van der Waals surface area contributed by atoms with Gasteiger partial charge in [-0.3, -0.25) is 5.01 Å². The highest BCUT2D eigenvalue weighted by Gasteiger charge is 2.43. The number of pyridine rings is 2. The average Bonchev–Trinajstić information content (AvgIpc) is 3.45. The second-order valence-corrected chi connectivity index (χ2v) is 9.75. The van der Waals surface area contributed by atoms with Crippen molar-refractivity contribution in [2.24, 2.45) is 0 Å². The quantitative estimate of drug-likeness (QED) is 0.380. The predicted octanol–water partition coefficient (Wildman–Crippen LogP) is 3.53. The molecule has 0 radical (unpaired) electrons. The van der Waals surface area contributed by atoms with E-state index in [0.29, 0.717) is 17.3 Å². The van der Waals surface area contributed by atoms with Crippen molar-refractivity contribution in [2.75, 3.05) is 28.7 Å². The monoisotopic (exact) mass is 518 g/mol. The average molecular weight is 519 g/mol. The minimum absolute atomic E-state index is 0.148. The summed E-state index contributed by atoms with van der Waals surface area (Å²) >= 11 is 0. The van der Waals surface area contributed by atoms with Crippen molar-refractivity contribution in [1.29, 1.82) is 5.26 Å². The molecule has 0 aliphatic carbocycles. The molecule has 2 aliphatic rings. The number of hydrogen-bond donors (Lipinski definition) is 1. The number of aromatic nitrogens is 6. The number of fused-ring (bicyclic) bond motifs is 3. The Morgan fingerprint density at radius 2 is 1.69 bits per heavy atom. The smallest absolute Gasteiger partial charge is 0.234 e. The summed E-state index contributed by atoms with van der Waals surface area (Å²) in [6.45, 7) is 1.44. The lowest BCUT2D eigenvalue weighted by molar-refractivity contribution is 0.436. The zero-order valence-electron chi connectivity index (χ0n) is 20.8. The number of rotatable bonds is 4. The summed E-state index contributed by atoms with van der Waals surface area (Å²) in [6, 6.07) is 18.1. The Labute approximate surface area is 223 Å². The second-order valence-electron chi connectivity index (χ2n) is 9.75. The number of anilines is 2. The van der Waals surface area contributed by atoms with Crippen molar-refractivity contribution in [3.8, 4) is 28.7 Å². The van der Waals surface area contributed by atoms with Crippen LogP contribution in [-0.2, 0) is 0 Å². The molecule has 2 N–H and O–H groups in total. The van der Waals surface area contributed by atoms with Crippen LogP contribution in [0.15, 0.2) is 67.0 Å². The number of nitrogen functional groups attached to an aromatic ring is 1. The van der Waals surface area contributed by atoms with Gasteiger partial charge in [-0.15, -0.1) is 0 Å². The van der Waals surface area contributed by atoms with E-state index in [4.69, 9.17) is 15.7 Å². The molecule has 2 unspecified atom stereocenters. The van der Waals surface area contributed by atoms with Gasteiger partial charge in [-0.1, -0.05) is 0 Å². The van der Waals surface area contributed by atoms with E-state index in [2.05, 4.69) is 29.5 Å². The number of halogens is 1. The van der Waals surface area contributed by atoms with Gasteiger partial charge in [0.1, 0.15) is 29.0 Å². The van der Waals surface area contributed by atoms with Gasteiger partial charge in [0.25, 0.3) is 0 Å². The lowest BCUT2D eigenvalue weighted by Crippen LogP contribution is -2.58. The SMILES string of the molecule is N#Cc1nccc(N2CC3CCC(C2)N3n2c(-c3cccnc3N)nc3ccc(-c4ccc(F)cc4)nc32)n1. The van der Waals surface area contributed by atoms with Gasteiger partial charge in [0.15, 0.2) is 11.5 Å². The molecule has 1 aromatic carbocycles. The Kier molecular flexibility index (Phi) is 5.33. The highest BCUT2D eigenvalue weighted by atomic mass is 19.1. The van der Waals surface area contributed by atoms with Crippen molar-refractivity contribution in [3.05, 3.63) is 78.6 Å². The summed E-state index contributed by atoms with van der Waals surface area (Å²) in [4.78, 5) is 25.0. The fraction of sp³-hybridized carbons (Fsp3) is 0.214. The molecule has 2 atom stereocenters. The summed E-state index contributed by atoms with van der Waals surface area (Å²) < 4.78 is 15.7. The van der Waals surface area contributed by atoms with Crippen molar-refractivity contribution in [2.45, 2.75) is 24.9 Å². The van der Waals surface area contributed by atoms with E-state index in [1.54, 1.807) is 24.5 Å². The van der Waals surface area contributed by atoms with Crippen LogP contribution < -0.4 is 15.6 Å². The second kappa shape index (κ2) is 9.02. The molecule has 2 saturated heterocycles. The normalized spacial score (nSPS) is 18.5. The largest absolute Gasteiger partial charge is 0.383 e. The topological polar surface area (TPSA) is 126 Å².